The van der Waals surface area contributed by atoms with E-state index in [1.165, 1.54) is 6.07 Å². The number of nitrogens with zero attached hydrogens (tertiary/aromatic N) is 2. The first kappa shape index (κ1) is 14.1. The molecule has 1 aromatic heterocycles. The van der Waals surface area contributed by atoms with Crippen LogP contribution in [-0.2, 0) is 0 Å². The van der Waals surface area contributed by atoms with Crippen LogP contribution in [0.4, 0.5) is 5.69 Å². The fraction of sp³-hybridized carbons (Fsp3) is 0. The number of nitro groups is 1. The van der Waals surface area contributed by atoms with E-state index in [-0.39, 0.29) is 10.6 Å². The first-order valence-corrected chi connectivity index (χ1v) is 7.50. The molecule has 0 aliphatic rings. The van der Waals surface area contributed by atoms with Crippen LogP contribution in [0.25, 0.3) is 33.2 Å². The Morgan fingerprint density at radius 2 is 1.67 bits per heavy atom. The highest BCUT2D eigenvalue weighted by molar-refractivity contribution is 6.02. The van der Waals surface area contributed by atoms with E-state index >= 15 is 0 Å². The van der Waals surface area contributed by atoms with Crippen LogP contribution in [0, 0.1) is 10.1 Å². The zero-order valence-electron chi connectivity index (χ0n) is 12.6. The number of benzene rings is 3. The van der Waals surface area contributed by atoms with Gasteiger partial charge in [0, 0.05) is 11.6 Å². The number of fused-ring (bicyclic) bond motifs is 1. The molecule has 5 nitrogen and oxygen atoms in total. The maximum atomic E-state index is 11.6. The highest BCUT2D eigenvalue weighted by atomic mass is 16.6. The number of nitro benzene ring substituents is 1. The molecule has 0 saturated heterocycles. The lowest BCUT2D eigenvalue weighted by atomic mass is 9.92. The number of nitrogens with one attached hydrogen (secondary N) is 1. The summed E-state index contributed by atoms with van der Waals surface area (Å²) in [5, 5.41) is 13.7. The smallest absolute Gasteiger partial charge is 0.277 e. The van der Waals surface area contributed by atoms with Gasteiger partial charge in [0.1, 0.15) is 0 Å². The summed E-state index contributed by atoms with van der Waals surface area (Å²) in [5.41, 5.74) is 3.03. The first-order valence-electron chi connectivity index (χ1n) is 7.50. The van der Waals surface area contributed by atoms with E-state index in [0.717, 1.165) is 27.6 Å². The molecule has 116 valence electrons. The van der Waals surface area contributed by atoms with Gasteiger partial charge in [0.2, 0.25) is 0 Å². The average Bonchev–Trinajstić information content (AvgIpc) is 3.15. The van der Waals surface area contributed by atoms with E-state index in [1.807, 2.05) is 48.5 Å². The Balaban J connectivity index is 2.11. The predicted molar refractivity (Wildman–Crippen MR) is 93.6 cm³/mol. The molecule has 24 heavy (non-hydrogen) atoms. The lowest BCUT2D eigenvalue weighted by Crippen LogP contribution is -1.95. The zero-order chi connectivity index (χ0) is 16.5. The third-order valence-electron chi connectivity index (χ3n) is 4.09. The van der Waals surface area contributed by atoms with Gasteiger partial charge in [-0.25, -0.2) is 4.98 Å². The number of rotatable bonds is 3. The fourth-order valence-corrected chi connectivity index (χ4v) is 3.05. The summed E-state index contributed by atoms with van der Waals surface area (Å²) in [4.78, 5) is 18.4. The van der Waals surface area contributed by atoms with Gasteiger partial charge in [0.15, 0.2) is 0 Å². The number of aromatic nitrogens is 2. The van der Waals surface area contributed by atoms with E-state index in [0.29, 0.717) is 5.56 Å². The minimum Gasteiger partial charge on any atom is -0.345 e. The van der Waals surface area contributed by atoms with Crippen molar-refractivity contribution in [2.75, 3.05) is 0 Å². The number of H-pyrrole nitrogens is 1. The molecule has 1 heterocycles. The van der Waals surface area contributed by atoms with Crippen molar-refractivity contribution in [1.29, 1.82) is 0 Å². The van der Waals surface area contributed by atoms with Crippen LogP contribution < -0.4 is 0 Å². The monoisotopic (exact) mass is 315 g/mol. The SMILES string of the molecule is O=[N+]([O-])c1cccc(-c2cnc[nH]2)c1-c1cccc2ccccc12. The molecular weight excluding hydrogens is 302 g/mol. The minimum absolute atomic E-state index is 0.0819. The molecule has 0 atom stereocenters. The summed E-state index contributed by atoms with van der Waals surface area (Å²) in [6, 6.07) is 18.8. The lowest BCUT2D eigenvalue weighted by molar-refractivity contribution is -0.384. The van der Waals surface area contributed by atoms with E-state index in [1.54, 1.807) is 18.6 Å². The second-order valence-electron chi connectivity index (χ2n) is 5.45. The van der Waals surface area contributed by atoms with E-state index < -0.39 is 0 Å². The number of hydrogen-bond donors (Lipinski definition) is 1. The Bertz CT molecular complexity index is 1030. The lowest BCUT2D eigenvalue weighted by Gasteiger charge is -2.12. The fourth-order valence-electron chi connectivity index (χ4n) is 3.05. The van der Waals surface area contributed by atoms with Gasteiger partial charge in [-0.15, -0.1) is 0 Å². The van der Waals surface area contributed by atoms with Crippen molar-refractivity contribution in [3.8, 4) is 22.4 Å². The molecule has 0 fully saturated rings. The highest BCUT2D eigenvalue weighted by Crippen LogP contribution is 2.41. The second kappa shape index (κ2) is 5.62. The first-order chi connectivity index (χ1) is 11.8. The van der Waals surface area contributed by atoms with Gasteiger partial charge in [-0.1, -0.05) is 54.6 Å². The Kier molecular flexibility index (Phi) is 3.31. The summed E-state index contributed by atoms with van der Waals surface area (Å²) in [5.74, 6) is 0. The maximum Gasteiger partial charge on any atom is 0.277 e. The molecule has 0 saturated carbocycles. The van der Waals surface area contributed by atoms with E-state index in [2.05, 4.69) is 9.97 Å². The molecule has 0 aliphatic carbocycles. The Morgan fingerprint density at radius 1 is 0.917 bits per heavy atom. The van der Waals surface area contributed by atoms with Gasteiger partial charge in [0.05, 0.1) is 28.7 Å². The van der Waals surface area contributed by atoms with E-state index in [4.69, 9.17) is 0 Å². The van der Waals surface area contributed by atoms with Crippen LogP contribution in [0.15, 0.2) is 73.2 Å². The highest BCUT2D eigenvalue weighted by Gasteiger charge is 2.22. The summed E-state index contributed by atoms with van der Waals surface area (Å²) in [7, 11) is 0. The largest absolute Gasteiger partial charge is 0.345 e. The predicted octanol–water partition coefficient (Wildman–Crippen LogP) is 4.81. The van der Waals surface area contributed by atoms with Crippen molar-refractivity contribution in [3.05, 3.63) is 83.3 Å². The normalized spacial score (nSPS) is 10.8. The molecule has 0 spiro atoms. The van der Waals surface area contributed by atoms with E-state index in [9.17, 15) is 10.1 Å². The van der Waals surface area contributed by atoms with Gasteiger partial charge in [0.25, 0.3) is 5.69 Å². The summed E-state index contributed by atoms with van der Waals surface area (Å²) in [6.45, 7) is 0. The standard InChI is InChI=1S/C19H13N3O2/c23-22(24)18-10-4-9-16(17-11-20-12-21-17)19(18)15-8-3-6-13-5-1-2-7-14(13)15/h1-12H,(H,20,21). The Labute approximate surface area is 137 Å². The van der Waals surface area contributed by atoms with Crippen LogP contribution in [0.3, 0.4) is 0 Å². The summed E-state index contributed by atoms with van der Waals surface area (Å²) < 4.78 is 0. The molecule has 0 amide bonds. The van der Waals surface area contributed by atoms with Crippen LogP contribution in [0.2, 0.25) is 0 Å². The van der Waals surface area contributed by atoms with Crippen molar-refractivity contribution in [2.45, 2.75) is 0 Å². The molecule has 1 N–H and O–H groups in total. The Morgan fingerprint density at radius 3 is 2.46 bits per heavy atom. The van der Waals surface area contributed by atoms with Gasteiger partial charge < -0.3 is 4.98 Å². The molecule has 0 radical (unpaired) electrons. The van der Waals surface area contributed by atoms with Crippen molar-refractivity contribution in [2.24, 2.45) is 0 Å². The van der Waals surface area contributed by atoms with Crippen LogP contribution in [-0.4, -0.2) is 14.9 Å². The average molecular weight is 315 g/mol. The molecular formula is C19H13N3O2. The molecule has 4 rings (SSSR count). The minimum atomic E-state index is -0.336. The molecule has 0 unspecified atom stereocenters. The molecule has 3 aromatic carbocycles. The Hall–Kier alpha value is -3.47. The van der Waals surface area contributed by atoms with Gasteiger partial charge in [-0.3, -0.25) is 10.1 Å². The number of aromatic amines is 1. The molecule has 4 aromatic rings. The van der Waals surface area contributed by atoms with Gasteiger partial charge in [-0.05, 0) is 16.3 Å². The number of hydrogen-bond acceptors (Lipinski definition) is 3. The van der Waals surface area contributed by atoms with Crippen molar-refractivity contribution in [3.63, 3.8) is 0 Å². The molecule has 0 aliphatic heterocycles. The third-order valence-corrected chi connectivity index (χ3v) is 4.09. The van der Waals surface area contributed by atoms with Crippen LogP contribution in [0.1, 0.15) is 0 Å². The third kappa shape index (κ3) is 2.23. The maximum absolute atomic E-state index is 11.6. The van der Waals surface area contributed by atoms with Crippen molar-refractivity contribution < 1.29 is 4.92 Å². The molecule has 5 heteroatoms. The van der Waals surface area contributed by atoms with Gasteiger partial charge >= 0.3 is 0 Å². The number of imidazole rings is 1. The van der Waals surface area contributed by atoms with Crippen molar-refractivity contribution >= 4 is 16.5 Å². The van der Waals surface area contributed by atoms with Crippen molar-refractivity contribution in [1.82, 2.24) is 9.97 Å². The summed E-state index contributed by atoms with van der Waals surface area (Å²) in [6.07, 6.45) is 3.24. The zero-order valence-corrected chi connectivity index (χ0v) is 12.6. The van der Waals surface area contributed by atoms with Crippen LogP contribution >= 0.6 is 0 Å². The second-order valence-corrected chi connectivity index (χ2v) is 5.45. The molecule has 0 bridgehead atoms. The topological polar surface area (TPSA) is 71.8 Å². The summed E-state index contributed by atoms with van der Waals surface area (Å²) >= 11 is 0. The van der Waals surface area contributed by atoms with Crippen LogP contribution in [0.5, 0.6) is 0 Å². The quantitative estimate of drug-likeness (QED) is 0.436. The van der Waals surface area contributed by atoms with Gasteiger partial charge in [-0.2, -0.15) is 0 Å².